The molecule has 114 valence electrons. The lowest BCUT2D eigenvalue weighted by molar-refractivity contribution is 0.401. The Morgan fingerprint density at radius 2 is 1.70 bits per heavy atom. The highest BCUT2D eigenvalue weighted by Crippen LogP contribution is 2.18. The van der Waals surface area contributed by atoms with Gasteiger partial charge in [0.25, 0.3) is 0 Å². The van der Waals surface area contributed by atoms with Gasteiger partial charge in [0, 0.05) is 16.7 Å². The van der Waals surface area contributed by atoms with E-state index in [0.717, 1.165) is 17.9 Å². The molecule has 0 radical (unpaired) electrons. The highest BCUT2D eigenvalue weighted by atomic mass is 32.2. The van der Waals surface area contributed by atoms with Crippen LogP contribution in [0.25, 0.3) is 0 Å². The molecule has 0 bridgehead atoms. The highest BCUT2D eigenvalue weighted by Gasteiger charge is 2.18. The zero-order valence-corrected chi connectivity index (χ0v) is 14.3. The molecule has 3 unspecified atom stereocenters. The Kier molecular flexibility index (Phi) is 7.46. The van der Waals surface area contributed by atoms with Crippen molar-refractivity contribution in [3.63, 3.8) is 0 Å². The maximum absolute atomic E-state index is 12.5. The van der Waals surface area contributed by atoms with Crippen molar-refractivity contribution >= 4 is 10.8 Å². The summed E-state index contributed by atoms with van der Waals surface area (Å²) in [4.78, 5) is 0.945. The van der Waals surface area contributed by atoms with Crippen molar-refractivity contribution < 1.29 is 4.21 Å². The van der Waals surface area contributed by atoms with Crippen LogP contribution in [-0.2, 0) is 10.8 Å². The van der Waals surface area contributed by atoms with Gasteiger partial charge in [0.2, 0.25) is 0 Å². The van der Waals surface area contributed by atoms with Crippen LogP contribution in [-0.4, -0.2) is 22.5 Å². The third kappa shape index (κ3) is 5.02. The first-order valence-corrected chi connectivity index (χ1v) is 9.03. The van der Waals surface area contributed by atoms with E-state index in [-0.39, 0.29) is 0 Å². The quantitative estimate of drug-likeness (QED) is 0.787. The summed E-state index contributed by atoms with van der Waals surface area (Å²) in [7, 11) is -0.921. The van der Waals surface area contributed by atoms with Crippen LogP contribution >= 0.6 is 0 Å². The molecular weight excluding hydrogens is 266 g/mol. The number of benzene rings is 1. The fraction of sp³-hybridized carbons (Fsp3) is 0.647. The van der Waals surface area contributed by atoms with E-state index in [2.05, 4.69) is 52.1 Å². The van der Waals surface area contributed by atoms with E-state index in [1.54, 1.807) is 0 Å². The van der Waals surface area contributed by atoms with Crippen molar-refractivity contribution in [2.75, 3.05) is 12.3 Å². The molecule has 0 aromatic heterocycles. The molecule has 2 nitrogen and oxygen atoms in total. The Hall–Kier alpha value is -0.670. The van der Waals surface area contributed by atoms with E-state index in [9.17, 15) is 4.21 Å². The smallest absolute Gasteiger partial charge is 0.0545 e. The summed E-state index contributed by atoms with van der Waals surface area (Å²) in [6, 6.07) is 8.57. The lowest BCUT2D eigenvalue weighted by Gasteiger charge is -2.23. The number of rotatable bonds is 8. The van der Waals surface area contributed by atoms with Crippen molar-refractivity contribution in [3.05, 3.63) is 29.8 Å². The summed E-state index contributed by atoms with van der Waals surface area (Å²) in [6.45, 7) is 11.8. The third-order valence-electron chi connectivity index (χ3n) is 3.94. The molecule has 3 atom stereocenters. The summed E-state index contributed by atoms with van der Waals surface area (Å²) in [5.74, 6) is 1.77. The second-order valence-electron chi connectivity index (χ2n) is 5.79. The van der Waals surface area contributed by atoms with Gasteiger partial charge in [-0.25, -0.2) is 0 Å². The van der Waals surface area contributed by atoms with Crippen molar-refractivity contribution in [3.8, 4) is 0 Å². The molecule has 1 aromatic rings. The van der Waals surface area contributed by atoms with Gasteiger partial charge >= 0.3 is 0 Å². The van der Waals surface area contributed by atoms with Crippen LogP contribution in [0.2, 0.25) is 0 Å². The Bertz CT molecular complexity index is 414. The molecular formula is C17H29NOS. The fourth-order valence-electron chi connectivity index (χ4n) is 2.23. The fourth-order valence-corrected chi connectivity index (χ4v) is 3.64. The Morgan fingerprint density at radius 1 is 1.10 bits per heavy atom. The molecule has 0 fully saturated rings. The summed E-state index contributed by atoms with van der Waals surface area (Å²) >= 11 is 0. The molecule has 0 spiro atoms. The van der Waals surface area contributed by atoms with Crippen LogP contribution in [0.3, 0.4) is 0 Å². The van der Waals surface area contributed by atoms with Gasteiger partial charge in [0.15, 0.2) is 0 Å². The summed E-state index contributed by atoms with van der Waals surface area (Å²) in [5.41, 5.74) is 1.30. The first-order chi connectivity index (χ1) is 9.49. The molecule has 1 aromatic carbocycles. The second kappa shape index (κ2) is 8.58. The molecule has 0 aliphatic heterocycles. The molecule has 1 rings (SSSR count). The average Bonchev–Trinajstić information content (AvgIpc) is 2.45. The lowest BCUT2D eigenvalue weighted by Crippen LogP contribution is -2.39. The normalized spacial score (nSPS) is 16.1. The monoisotopic (exact) mass is 295 g/mol. The SMILES string of the molecule is CCNC(CS(=O)c1ccc(C(C)C)cc1)C(C)CC. The van der Waals surface area contributed by atoms with Gasteiger partial charge in [0.05, 0.1) is 10.8 Å². The van der Waals surface area contributed by atoms with Gasteiger partial charge in [-0.3, -0.25) is 4.21 Å². The third-order valence-corrected chi connectivity index (χ3v) is 5.40. The Morgan fingerprint density at radius 3 is 2.15 bits per heavy atom. The Labute approximate surface area is 126 Å². The van der Waals surface area contributed by atoms with Crippen molar-refractivity contribution in [2.45, 2.75) is 57.9 Å². The van der Waals surface area contributed by atoms with Crippen LogP contribution in [0, 0.1) is 5.92 Å². The molecule has 20 heavy (non-hydrogen) atoms. The lowest BCUT2D eigenvalue weighted by atomic mass is 10.0. The first-order valence-electron chi connectivity index (χ1n) is 7.71. The minimum Gasteiger partial charge on any atom is -0.313 e. The minimum absolute atomic E-state index is 0.329. The zero-order valence-electron chi connectivity index (χ0n) is 13.5. The van der Waals surface area contributed by atoms with Crippen LogP contribution in [0.1, 0.15) is 52.5 Å². The van der Waals surface area contributed by atoms with E-state index in [1.165, 1.54) is 5.56 Å². The average molecular weight is 295 g/mol. The summed E-state index contributed by atoms with van der Waals surface area (Å²) < 4.78 is 12.5. The van der Waals surface area contributed by atoms with Gasteiger partial charge in [-0.05, 0) is 36.1 Å². The Balaban J connectivity index is 2.73. The van der Waals surface area contributed by atoms with Gasteiger partial charge in [0.1, 0.15) is 0 Å². The minimum atomic E-state index is -0.921. The number of hydrogen-bond acceptors (Lipinski definition) is 2. The standard InChI is InChI=1S/C17H29NOS/c1-6-14(5)17(18-7-2)12-20(19)16-10-8-15(9-11-16)13(3)4/h8-11,13-14,17-18H,6-7,12H2,1-5H3. The van der Waals surface area contributed by atoms with E-state index >= 15 is 0 Å². The molecule has 0 saturated carbocycles. The predicted octanol–water partition coefficient (Wildman–Crippen LogP) is 3.94. The molecule has 3 heteroatoms. The molecule has 0 heterocycles. The number of nitrogens with one attached hydrogen (secondary N) is 1. The van der Waals surface area contributed by atoms with E-state index in [0.29, 0.717) is 23.6 Å². The van der Waals surface area contributed by atoms with Crippen molar-refractivity contribution in [1.29, 1.82) is 0 Å². The van der Waals surface area contributed by atoms with Crippen molar-refractivity contribution in [2.24, 2.45) is 5.92 Å². The first kappa shape index (κ1) is 17.4. The van der Waals surface area contributed by atoms with E-state index < -0.39 is 10.8 Å². The van der Waals surface area contributed by atoms with E-state index in [4.69, 9.17) is 0 Å². The number of hydrogen-bond donors (Lipinski definition) is 1. The molecule has 1 N–H and O–H groups in total. The molecule has 0 aliphatic carbocycles. The molecule has 0 aliphatic rings. The van der Waals surface area contributed by atoms with Gasteiger partial charge in [-0.1, -0.05) is 53.2 Å². The molecule has 0 amide bonds. The maximum Gasteiger partial charge on any atom is 0.0545 e. The van der Waals surface area contributed by atoms with Gasteiger partial charge in [-0.2, -0.15) is 0 Å². The predicted molar refractivity (Wildman–Crippen MR) is 88.7 cm³/mol. The second-order valence-corrected chi connectivity index (χ2v) is 7.28. The maximum atomic E-state index is 12.5. The van der Waals surface area contributed by atoms with Gasteiger partial charge < -0.3 is 5.32 Å². The largest absolute Gasteiger partial charge is 0.313 e. The van der Waals surface area contributed by atoms with Crippen LogP contribution in [0.4, 0.5) is 0 Å². The summed E-state index contributed by atoms with van der Waals surface area (Å²) in [5, 5.41) is 3.47. The van der Waals surface area contributed by atoms with Crippen LogP contribution in [0.15, 0.2) is 29.2 Å². The van der Waals surface area contributed by atoms with Gasteiger partial charge in [-0.15, -0.1) is 0 Å². The van der Waals surface area contributed by atoms with Crippen molar-refractivity contribution in [1.82, 2.24) is 5.32 Å². The topological polar surface area (TPSA) is 29.1 Å². The molecule has 0 saturated heterocycles. The highest BCUT2D eigenvalue weighted by molar-refractivity contribution is 7.85. The van der Waals surface area contributed by atoms with E-state index in [1.807, 2.05) is 12.1 Å². The van der Waals surface area contributed by atoms with Crippen LogP contribution < -0.4 is 5.32 Å². The van der Waals surface area contributed by atoms with Crippen LogP contribution in [0.5, 0.6) is 0 Å². The zero-order chi connectivity index (χ0) is 15.1. The summed E-state index contributed by atoms with van der Waals surface area (Å²) in [6.07, 6.45) is 1.11.